The number of nitrogens with one attached hydrogen (secondary N) is 1. The molecule has 0 spiro atoms. The first kappa shape index (κ1) is 14.9. The number of hydrogen-bond acceptors (Lipinski definition) is 3. The lowest BCUT2D eigenvalue weighted by Gasteiger charge is -2.20. The van der Waals surface area contributed by atoms with Crippen LogP contribution in [0.15, 0.2) is 18.2 Å². The van der Waals surface area contributed by atoms with E-state index in [1.54, 1.807) is 0 Å². The van der Waals surface area contributed by atoms with Gasteiger partial charge in [-0.2, -0.15) is 5.26 Å². The third-order valence-corrected chi connectivity index (χ3v) is 4.21. The number of benzene rings is 1. The molecule has 0 aromatic heterocycles. The summed E-state index contributed by atoms with van der Waals surface area (Å²) in [5.41, 5.74) is 2.49. The molecular weight excluding hydrogens is 248 g/mol. The van der Waals surface area contributed by atoms with Gasteiger partial charge in [-0.25, -0.2) is 0 Å². The quantitative estimate of drug-likeness (QED) is 0.809. The minimum atomic E-state index is -0.445. The third kappa shape index (κ3) is 3.74. The molecule has 1 aromatic carbocycles. The van der Waals surface area contributed by atoms with E-state index in [2.05, 4.69) is 29.6 Å². The molecule has 3 heteroatoms. The molecule has 1 aliphatic rings. The van der Waals surface area contributed by atoms with Gasteiger partial charge < -0.3 is 10.1 Å². The number of hydrogen-bond donors (Lipinski definition) is 1. The van der Waals surface area contributed by atoms with Gasteiger partial charge in [0.2, 0.25) is 0 Å². The van der Waals surface area contributed by atoms with Crippen LogP contribution < -0.4 is 10.1 Å². The average molecular weight is 272 g/mol. The van der Waals surface area contributed by atoms with Crippen LogP contribution >= 0.6 is 0 Å². The van der Waals surface area contributed by atoms with Crippen molar-refractivity contribution in [3.63, 3.8) is 0 Å². The Hall–Kier alpha value is -1.53. The zero-order valence-electron chi connectivity index (χ0n) is 12.5. The van der Waals surface area contributed by atoms with Crippen molar-refractivity contribution in [1.29, 1.82) is 5.26 Å². The second kappa shape index (κ2) is 6.76. The van der Waals surface area contributed by atoms with Crippen molar-refractivity contribution in [3.8, 4) is 11.8 Å². The highest BCUT2D eigenvalue weighted by Gasteiger charge is 2.20. The van der Waals surface area contributed by atoms with E-state index in [0.29, 0.717) is 6.61 Å². The van der Waals surface area contributed by atoms with E-state index >= 15 is 0 Å². The van der Waals surface area contributed by atoms with E-state index in [9.17, 15) is 0 Å². The Labute approximate surface area is 121 Å². The van der Waals surface area contributed by atoms with Crippen molar-refractivity contribution in [2.75, 3.05) is 13.7 Å². The first-order valence-electron chi connectivity index (χ1n) is 7.52. The summed E-state index contributed by atoms with van der Waals surface area (Å²) < 4.78 is 5.82. The fourth-order valence-corrected chi connectivity index (χ4v) is 2.65. The van der Waals surface area contributed by atoms with E-state index in [0.717, 1.165) is 18.6 Å². The lowest BCUT2D eigenvalue weighted by Crippen LogP contribution is -2.38. The van der Waals surface area contributed by atoms with Crippen LogP contribution in [0, 0.1) is 11.3 Å². The van der Waals surface area contributed by atoms with Crippen LogP contribution in [0.3, 0.4) is 0 Å². The molecule has 20 heavy (non-hydrogen) atoms. The zero-order valence-corrected chi connectivity index (χ0v) is 12.5. The Balaban J connectivity index is 1.82. The normalized spacial score (nSPS) is 16.9. The molecule has 1 N–H and O–H groups in total. The van der Waals surface area contributed by atoms with Gasteiger partial charge in [0.1, 0.15) is 11.3 Å². The van der Waals surface area contributed by atoms with Crippen LogP contribution in [0.4, 0.5) is 0 Å². The summed E-state index contributed by atoms with van der Waals surface area (Å²) in [6.07, 6.45) is 6.66. The predicted molar refractivity (Wildman–Crippen MR) is 80.9 cm³/mol. The van der Waals surface area contributed by atoms with E-state index in [4.69, 9.17) is 10.00 Å². The van der Waals surface area contributed by atoms with Crippen LogP contribution in [0.1, 0.15) is 43.7 Å². The van der Waals surface area contributed by atoms with Crippen LogP contribution in [-0.2, 0) is 12.8 Å². The van der Waals surface area contributed by atoms with Crippen molar-refractivity contribution in [3.05, 3.63) is 29.3 Å². The molecule has 0 saturated carbocycles. The summed E-state index contributed by atoms with van der Waals surface area (Å²) in [7, 11) is 1.83. The molecule has 0 heterocycles. The number of nitrogens with zero attached hydrogens (tertiary/aromatic N) is 1. The smallest absolute Gasteiger partial charge is 0.119 e. The van der Waals surface area contributed by atoms with Crippen molar-refractivity contribution < 1.29 is 4.74 Å². The molecule has 1 aliphatic carbocycles. The molecule has 1 aromatic rings. The number of fused-ring (bicyclic) bond motifs is 1. The molecule has 0 amide bonds. The fraction of sp³-hybridized carbons (Fsp3) is 0.588. The van der Waals surface area contributed by atoms with Gasteiger partial charge in [0, 0.05) is 0 Å². The number of ether oxygens (including phenoxy) is 1. The van der Waals surface area contributed by atoms with Crippen LogP contribution in [0.5, 0.6) is 5.75 Å². The Morgan fingerprint density at radius 2 is 2.05 bits per heavy atom. The summed E-state index contributed by atoms with van der Waals surface area (Å²) in [6, 6.07) is 8.77. The highest BCUT2D eigenvalue weighted by molar-refractivity contribution is 5.37. The Morgan fingerprint density at radius 3 is 2.75 bits per heavy atom. The maximum atomic E-state index is 9.08. The number of aryl methyl sites for hydroxylation is 2. The molecule has 1 atom stereocenters. The molecule has 0 bridgehead atoms. The Kier molecular flexibility index (Phi) is 5.03. The molecule has 0 aliphatic heterocycles. The van der Waals surface area contributed by atoms with Gasteiger partial charge in [0.25, 0.3) is 0 Å². The largest absolute Gasteiger partial charge is 0.494 e. The highest BCUT2D eigenvalue weighted by atomic mass is 16.5. The standard InChI is InChI=1S/C17H24N2O/c1-17(13-18,19-2)10-5-11-20-16-9-8-14-6-3-4-7-15(14)12-16/h8-9,12,19H,3-7,10-11H2,1-2H3. The van der Waals surface area contributed by atoms with Gasteiger partial charge in [0.15, 0.2) is 0 Å². The predicted octanol–water partition coefficient (Wildman–Crippen LogP) is 3.23. The van der Waals surface area contributed by atoms with Gasteiger partial charge in [-0.15, -0.1) is 0 Å². The lowest BCUT2D eigenvalue weighted by molar-refractivity contribution is 0.288. The second-order valence-electron chi connectivity index (χ2n) is 5.78. The number of nitriles is 1. The van der Waals surface area contributed by atoms with Gasteiger partial charge in [-0.3, -0.25) is 0 Å². The Bertz CT molecular complexity index is 492. The minimum absolute atomic E-state index is 0.445. The first-order valence-corrected chi connectivity index (χ1v) is 7.52. The van der Waals surface area contributed by atoms with Crippen LogP contribution in [0.25, 0.3) is 0 Å². The summed E-state index contributed by atoms with van der Waals surface area (Å²) in [4.78, 5) is 0. The molecule has 1 unspecified atom stereocenters. The maximum absolute atomic E-state index is 9.08. The van der Waals surface area contributed by atoms with Crippen molar-refractivity contribution >= 4 is 0 Å². The second-order valence-corrected chi connectivity index (χ2v) is 5.78. The van der Waals surface area contributed by atoms with E-state index in [1.165, 1.54) is 36.8 Å². The topological polar surface area (TPSA) is 45.0 Å². The van der Waals surface area contributed by atoms with Crippen molar-refractivity contribution in [2.45, 2.75) is 51.0 Å². The average Bonchev–Trinajstić information content (AvgIpc) is 2.51. The van der Waals surface area contributed by atoms with E-state index in [1.807, 2.05) is 14.0 Å². The Morgan fingerprint density at radius 1 is 1.30 bits per heavy atom. The summed E-state index contributed by atoms with van der Waals surface area (Å²) >= 11 is 0. The molecule has 2 rings (SSSR count). The first-order chi connectivity index (χ1) is 9.67. The fourth-order valence-electron chi connectivity index (χ4n) is 2.65. The van der Waals surface area contributed by atoms with Crippen molar-refractivity contribution in [2.24, 2.45) is 0 Å². The van der Waals surface area contributed by atoms with E-state index < -0.39 is 5.54 Å². The summed E-state index contributed by atoms with van der Waals surface area (Å²) in [6.45, 7) is 2.59. The van der Waals surface area contributed by atoms with E-state index in [-0.39, 0.29) is 0 Å². The van der Waals surface area contributed by atoms with Gasteiger partial charge in [-0.1, -0.05) is 6.07 Å². The summed E-state index contributed by atoms with van der Waals surface area (Å²) in [5, 5.41) is 12.1. The third-order valence-electron chi connectivity index (χ3n) is 4.21. The number of rotatable bonds is 6. The summed E-state index contributed by atoms with van der Waals surface area (Å²) in [5.74, 6) is 0.966. The van der Waals surface area contributed by atoms with Gasteiger partial charge in [0.05, 0.1) is 12.7 Å². The molecule has 0 fully saturated rings. The van der Waals surface area contributed by atoms with Crippen molar-refractivity contribution in [1.82, 2.24) is 5.32 Å². The zero-order chi connectivity index (χ0) is 14.4. The van der Waals surface area contributed by atoms with Gasteiger partial charge >= 0.3 is 0 Å². The van der Waals surface area contributed by atoms with Crippen LogP contribution in [0.2, 0.25) is 0 Å². The highest BCUT2D eigenvalue weighted by Crippen LogP contribution is 2.25. The molecule has 0 saturated heterocycles. The molecular formula is C17H24N2O. The molecule has 108 valence electrons. The monoisotopic (exact) mass is 272 g/mol. The SMILES string of the molecule is CNC(C)(C#N)CCCOc1ccc2c(c1)CCCC2. The molecule has 3 nitrogen and oxygen atoms in total. The minimum Gasteiger partial charge on any atom is -0.494 e. The maximum Gasteiger partial charge on any atom is 0.119 e. The molecule has 0 radical (unpaired) electrons. The van der Waals surface area contributed by atoms with Crippen LogP contribution in [-0.4, -0.2) is 19.2 Å². The lowest BCUT2D eigenvalue weighted by atomic mass is 9.92. The van der Waals surface area contributed by atoms with Gasteiger partial charge in [-0.05, 0) is 75.8 Å².